The van der Waals surface area contributed by atoms with Crippen LogP contribution in [0.3, 0.4) is 0 Å². The van der Waals surface area contributed by atoms with E-state index < -0.39 is 6.10 Å². The minimum absolute atomic E-state index is 0.125. The summed E-state index contributed by atoms with van der Waals surface area (Å²) in [4.78, 5) is 1.37. The van der Waals surface area contributed by atoms with E-state index in [-0.39, 0.29) is 6.10 Å². The standard InChI is InChI=1S/C8H16N4O2/c1-6(2)14-5-7(13)4-8-9-11-12(3)10-8/h6-7,13H,4-5H2,1-3H3. The maximum absolute atomic E-state index is 9.52. The van der Waals surface area contributed by atoms with Crippen molar-refractivity contribution >= 4 is 0 Å². The zero-order valence-corrected chi connectivity index (χ0v) is 8.71. The Morgan fingerprint density at radius 3 is 2.71 bits per heavy atom. The predicted octanol–water partition coefficient (Wildman–Crippen LogP) is -0.462. The average Bonchev–Trinajstić information content (AvgIpc) is 2.48. The molecule has 0 aliphatic rings. The van der Waals surface area contributed by atoms with Crippen molar-refractivity contribution in [2.24, 2.45) is 7.05 Å². The Labute approximate surface area is 82.9 Å². The smallest absolute Gasteiger partial charge is 0.177 e. The Morgan fingerprint density at radius 1 is 1.50 bits per heavy atom. The van der Waals surface area contributed by atoms with Crippen LogP contribution >= 0.6 is 0 Å². The van der Waals surface area contributed by atoms with E-state index in [2.05, 4.69) is 15.4 Å². The quantitative estimate of drug-likeness (QED) is 0.696. The van der Waals surface area contributed by atoms with Crippen molar-refractivity contribution in [3.63, 3.8) is 0 Å². The topological polar surface area (TPSA) is 73.1 Å². The molecule has 0 fully saturated rings. The van der Waals surface area contributed by atoms with Gasteiger partial charge in [0.2, 0.25) is 0 Å². The van der Waals surface area contributed by atoms with E-state index >= 15 is 0 Å². The van der Waals surface area contributed by atoms with Crippen molar-refractivity contribution in [3.05, 3.63) is 5.82 Å². The predicted molar refractivity (Wildman–Crippen MR) is 49.6 cm³/mol. The van der Waals surface area contributed by atoms with E-state index in [1.165, 1.54) is 4.80 Å². The molecule has 14 heavy (non-hydrogen) atoms. The van der Waals surface area contributed by atoms with E-state index in [1.54, 1.807) is 7.05 Å². The van der Waals surface area contributed by atoms with Gasteiger partial charge in [0.1, 0.15) is 0 Å². The second-order valence-electron chi connectivity index (χ2n) is 3.44. The fraction of sp³-hybridized carbons (Fsp3) is 0.875. The van der Waals surface area contributed by atoms with E-state index in [1.807, 2.05) is 13.8 Å². The molecule has 1 heterocycles. The second-order valence-corrected chi connectivity index (χ2v) is 3.44. The van der Waals surface area contributed by atoms with Gasteiger partial charge < -0.3 is 9.84 Å². The number of aliphatic hydroxyl groups is 1. The summed E-state index contributed by atoms with van der Waals surface area (Å²) in [6, 6.07) is 0. The van der Waals surface area contributed by atoms with Crippen LogP contribution in [0.2, 0.25) is 0 Å². The van der Waals surface area contributed by atoms with Gasteiger partial charge in [-0.3, -0.25) is 0 Å². The van der Waals surface area contributed by atoms with Gasteiger partial charge in [-0.2, -0.15) is 4.80 Å². The number of tetrazole rings is 1. The highest BCUT2D eigenvalue weighted by molar-refractivity contribution is 4.80. The summed E-state index contributed by atoms with van der Waals surface area (Å²) in [5.74, 6) is 0.535. The van der Waals surface area contributed by atoms with Gasteiger partial charge in [0.25, 0.3) is 0 Å². The third-order valence-electron chi connectivity index (χ3n) is 1.59. The third kappa shape index (κ3) is 3.80. The Balaban J connectivity index is 2.30. The van der Waals surface area contributed by atoms with Crippen LogP contribution in [0.1, 0.15) is 19.7 Å². The average molecular weight is 200 g/mol. The Bertz CT molecular complexity index is 274. The first-order valence-electron chi connectivity index (χ1n) is 4.60. The third-order valence-corrected chi connectivity index (χ3v) is 1.59. The maximum atomic E-state index is 9.52. The van der Waals surface area contributed by atoms with Crippen LogP contribution in [0.25, 0.3) is 0 Å². The van der Waals surface area contributed by atoms with E-state index in [0.717, 1.165) is 0 Å². The van der Waals surface area contributed by atoms with Gasteiger partial charge in [-0.25, -0.2) is 0 Å². The number of aliphatic hydroxyl groups excluding tert-OH is 1. The highest BCUT2D eigenvalue weighted by atomic mass is 16.5. The summed E-state index contributed by atoms with van der Waals surface area (Å²) in [5, 5.41) is 20.9. The molecule has 0 amide bonds. The summed E-state index contributed by atoms with van der Waals surface area (Å²) in [6.07, 6.45) is -0.0679. The number of hydrogen-bond acceptors (Lipinski definition) is 5. The molecule has 0 spiro atoms. The summed E-state index contributed by atoms with van der Waals surface area (Å²) in [5.41, 5.74) is 0. The molecule has 0 aliphatic carbocycles. The number of hydrogen-bond donors (Lipinski definition) is 1. The second kappa shape index (κ2) is 5.02. The normalized spacial score (nSPS) is 13.5. The van der Waals surface area contributed by atoms with Crippen LogP contribution < -0.4 is 0 Å². The van der Waals surface area contributed by atoms with Crippen molar-refractivity contribution in [1.82, 2.24) is 20.2 Å². The molecule has 1 unspecified atom stereocenters. The number of aromatic nitrogens is 4. The lowest BCUT2D eigenvalue weighted by molar-refractivity contribution is 0.00546. The van der Waals surface area contributed by atoms with Gasteiger partial charge in [-0.1, -0.05) is 0 Å². The molecule has 1 aromatic rings. The summed E-state index contributed by atoms with van der Waals surface area (Å²) in [7, 11) is 1.69. The van der Waals surface area contributed by atoms with Crippen LogP contribution in [-0.4, -0.2) is 44.1 Å². The zero-order valence-electron chi connectivity index (χ0n) is 8.71. The van der Waals surface area contributed by atoms with Gasteiger partial charge in [-0.15, -0.1) is 10.2 Å². The first-order chi connectivity index (χ1) is 6.58. The molecule has 0 radical (unpaired) electrons. The molecule has 1 N–H and O–H groups in total. The molecule has 6 nitrogen and oxygen atoms in total. The minimum Gasteiger partial charge on any atom is -0.390 e. The maximum Gasteiger partial charge on any atom is 0.177 e. The fourth-order valence-electron chi connectivity index (χ4n) is 0.978. The number of rotatable bonds is 5. The lowest BCUT2D eigenvalue weighted by atomic mass is 10.2. The number of nitrogens with zero attached hydrogens (tertiary/aromatic N) is 4. The Hall–Kier alpha value is -1.01. The molecule has 0 bridgehead atoms. The van der Waals surface area contributed by atoms with Crippen LogP contribution in [0.15, 0.2) is 0 Å². The highest BCUT2D eigenvalue weighted by Crippen LogP contribution is 1.97. The molecule has 1 atom stereocenters. The largest absolute Gasteiger partial charge is 0.390 e. The summed E-state index contributed by atoms with van der Waals surface area (Å²) < 4.78 is 5.25. The van der Waals surface area contributed by atoms with E-state index in [0.29, 0.717) is 18.9 Å². The first-order valence-corrected chi connectivity index (χ1v) is 4.60. The number of aryl methyl sites for hydroxylation is 1. The Morgan fingerprint density at radius 2 is 2.21 bits per heavy atom. The first kappa shape index (κ1) is 11.1. The molecular weight excluding hydrogens is 184 g/mol. The molecule has 6 heteroatoms. The number of ether oxygens (including phenoxy) is 1. The molecule has 80 valence electrons. The monoisotopic (exact) mass is 200 g/mol. The zero-order chi connectivity index (χ0) is 10.6. The summed E-state index contributed by atoms with van der Waals surface area (Å²) >= 11 is 0. The molecule has 0 saturated heterocycles. The minimum atomic E-state index is -0.568. The molecular formula is C8H16N4O2. The molecule has 1 aromatic heterocycles. The molecule has 0 aromatic carbocycles. The van der Waals surface area contributed by atoms with Crippen molar-refractivity contribution in [2.75, 3.05) is 6.61 Å². The van der Waals surface area contributed by atoms with Gasteiger partial charge in [0.15, 0.2) is 5.82 Å². The lowest BCUT2D eigenvalue weighted by Crippen LogP contribution is -2.21. The van der Waals surface area contributed by atoms with Crippen LogP contribution in [0.5, 0.6) is 0 Å². The van der Waals surface area contributed by atoms with Gasteiger partial charge >= 0.3 is 0 Å². The van der Waals surface area contributed by atoms with Crippen LogP contribution in [0, 0.1) is 0 Å². The van der Waals surface area contributed by atoms with Crippen molar-refractivity contribution in [3.8, 4) is 0 Å². The van der Waals surface area contributed by atoms with E-state index in [4.69, 9.17) is 4.74 Å². The summed E-state index contributed by atoms with van der Waals surface area (Å²) in [6.45, 7) is 4.15. The van der Waals surface area contributed by atoms with Crippen molar-refractivity contribution in [1.29, 1.82) is 0 Å². The van der Waals surface area contributed by atoms with E-state index in [9.17, 15) is 5.11 Å². The van der Waals surface area contributed by atoms with Crippen LogP contribution in [-0.2, 0) is 18.2 Å². The van der Waals surface area contributed by atoms with Crippen molar-refractivity contribution in [2.45, 2.75) is 32.5 Å². The van der Waals surface area contributed by atoms with Gasteiger partial charge in [0, 0.05) is 6.42 Å². The molecule has 0 aliphatic heterocycles. The van der Waals surface area contributed by atoms with Gasteiger partial charge in [-0.05, 0) is 19.1 Å². The molecule has 1 rings (SSSR count). The fourth-order valence-corrected chi connectivity index (χ4v) is 0.978. The lowest BCUT2D eigenvalue weighted by Gasteiger charge is -2.11. The Kier molecular flexibility index (Phi) is 3.97. The van der Waals surface area contributed by atoms with Gasteiger partial charge in [0.05, 0.1) is 25.9 Å². The van der Waals surface area contributed by atoms with Crippen molar-refractivity contribution < 1.29 is 9.84 Å². The highest BCUT2D eigenvalue weighted by Gasteiger charge is 2.10. The molecule has 0 saturated carbocycles. The SMILES string of the molecule is CC(C)OCC(O)Cc1nnn(C)n1. The van der Waals surface area contributed by atoms with Crippen LogP contribution in [0.4, 0.5) is 0 Å².